The molecule has 0 amide bonds. The molecule has 0 aliphatic heterocycles. The van der Waals surface area contributed by atoms with E-state index in [0.717, 1.165) is 23.4 Å². The second kappa shape index (κ2) is 9.88. The fourth-order valence-electron chi connectivity index (χ4n) is 3.76. The van der Waals surface area contributed by atoms with Crippen LogP contribution in [0.25, 0.3) is 0 Å². The Hall–Kier alpha value is -1.98. The molecular formula is C22H21ClF2O4S. The number of thiophene rings is 1. The van der Waals surface area contributed by atoms with Gasteiger partial charge in [0, 0.05) is 21.4 Å². The number of aromatic carboxylic acids is 1. The summed E-state index contributed by atoms with van der Waals surface area (Å²) >= 11 is 7.66. The molecule has 1 aliphatic rings. The molecule has 0 bridgehead atoms. The van der Waals surface area contributed by atoms with Crippen molar-refractivity contribution in [1.29, 1.82) is 0 Å². The third-order valence-electron chi connectivity index (χ3n) is 5.32. The van der Waals surface area contributed by atoms with Gasteiger partial charge in [0.25, 0.3) is 0 Å². The van der Waals surface area contributed by atoms with Gasteiger partial charge in [0.15, 0.2) is 0 Å². The molecule has 1 saturated carbocycles. The van der Waals surface area contributed by atoms with Crippen LogP contribution < -0.4 is 0 Å². The maximum Gasteiger partial charge on any atom is 0.345 e. The third kappa shape index (κ3) is 5.19. The van der Waals surface area contributed by atoms with Crippen LogP contribution in [0.15, 0.2) is 24.3 Å². The summed E-state index contributed by atoms with van der Waals surface area (Å²) in [7, 11) is 0. The molecule has 0 saturated heterocycles. The molecule has 30 heavy (non-hydrogen) atoms. The van der Waals surface area contributed by atoms with Gasteiger partial charge in [-0.05, 0) is 55.9 Å². The molecule has 8 heteroatoms. The average molecular weight is 455 g/mol. The second-order valence-corrected chi connectivity index (χ2v) is 9.05. The molecule has 3 rings (SSSR count). The summed E-state index contributed by atoms with van der Waals surface area (Å²) in [4.78, 5) is 12.2. The lowest BCUT2D eigenvalue weighted by Gasteiger charge is -2.18. The number of carboxylic acid groups (broad SMARTS) is 1. The number of carboxylic acids is 1. The molecule has 2 aromatic rings. The minimum Gasteiger partial charge on any atom is -0.477 e. The van der Waals surface area contributed by atoms with E-state index in [1.807, 2.05) is 0 Å². The molecule has 1 aromatic carbocycles. The van der Waals surface area contributed by atoms with Gasteiger partial charge in [-0.25, -0.2) is 13.6 Å². The highest BCUT2D eigenvalue weighted by Crippen LogP contribution is 2.39. The number of benzene rings is 1. The van der Waals surface area contributed by atoms with Crippen molar-refractivity contribution in [2.75, 3.05) is 0 Å². The first kappa shape index (κ1) is 22.7. The molecule has 0 radical (unpaired) electrons. The fourth-order valence-corrected chi connectivity index (χ4v) is 5.11. The molecule has 4 atom stereocenters. The Labute approximate surface area is 182 Å². The minimum absolute atomic E-state index is 0.0838. The summed E-state index contributed by atoms with van der Waals surface area (Å²) in [6, 6.07) is 5.51. The van der Waals surface area contributed by atoms with E-state index in [2.05, 4.69) is 11.8 Å². The highest BCUT2D eigenvalue weighted by molar-refractivity contribution is 7.13. The molecule has 0 spiro atoms. The highest BCUT2D eigenvalue weighted by Gasteiger charge is 2.40. The van der Waals surface area contributed by atoms with Gasteiger partial charge in [0.05, 0.1) is 18.6 Å². The van der Waals surface area contributed by atoms with Crippen molar-refractivity contribution in [3.8, 4) is 11.8 Å². The number of hydrogen-bond acceptors (Lipinski definition) is 4. The van der Waals surface area contributed by atoms with Crippen molar-refractivity contribution in [2.24, 2.45) is 11.8 Å². The van der Waals surface area contributed by atoms with Gasteiger partial charge in [-0.15, -0.1) is 22.9 Å². The van der Waals surface area contributed by atoms with Crippen LogP contribution in [0.1, 0.15) is 44.9 Å². The van der Waals surface area contributed by atoms with Crippen molar-refractivity contribution < 1.29 is 28.9 Å². The zero-order valence-electron chi connectivity index (χ0n) is 15.9. The van der Waals surface area contributed by atoms with Crippen molar-refractivity contribution in [2.45, 2.75) is 43.8 Å². The summed E-state index contributed by atoms with van der Waals surface area (Å²) in [6.45, 7) is -0.735. The van der Waals surface area contributed by atoms with Crippen LogP contribution in [-0.2, 0) is 13.0 Å². The largest absolute Gasteiger partial charge is 0.477 e. The minimum atomic E-state index is -0.943. The number of aliphatic hydroxyl groups excluding tert-OH is 2. The van der Waals surface area contributed by atoms with Crippen LogP contribution in [0.2, 0.25) is 0 Å². The number of hydrogen-bond donors (Lipinski definition) is 3. The predicted octanol–water partition coefficient (Wildman–Crippen LogP) is 4.20. The van der Waals surface area contributed by atoms with Crippen molar-refractivity contribution in [3.05, 3.63) is 56.8 Å². The molecule has 1 heterocycles. The number of alkyl halides is 1. The third-order valence-corrected chi connectivity index (χ3v) is 6.96. The fraction of sp³-hybridized carbons (Fsp3) is 0.409. The molecule has 1 fully saturated rings. The smallest absolute Gasteiger partial charge is 0.345 e. The van der Waals surface area contributed by atoms with E-state index < -0.39 is 41.8 Å². The lowest BCUT2D eigenvalue weighted by Crippen LogP contribution is -2.19. The maximum atomic E-state index is 13.8. The van der Waals surface area contributed by atoms with Crippen LogP contribution >= 0.6 is 22.9 Å². The van der Waals surface area contributed by atoms with Crippen LogP contribution in [0.3, 0.4) is 0 Å². The second-order valence-electron chi connectivity index (χ2n) is 7.32. The van der Waals surface area contributed by atoms with Crippen molar-refractivity contribution >= 4 is 28.9 Å². The van der Waals surface area contributed by atoms with Crippen LogP contribution in [0.5, 0.6) is 0 Å². The first-order valence-corrected chi connectivity index (χ1v) is 10.8. The van der Waals surface area contributed by atoms with Crippen molar-refractivity contribution in [1.82, 2.24) is 0 Å². The van der Waals surface area contributed by atoms with Crippen LogP contribution in [0, 0.1) is 35.3 Å². The number of aryl methyl sites for hydroxylation is 1. The van der Waals surface area contributed by atoms with Gasteiger partial charge in [-0.1, -0.05) is 11.8 Å². The van der Waals surface area contributed by atoms with Gasteiger partial charge in [0.1, 0.15) is 16.5 Å². The predicted molar refractivity (Wildman–Crippen MR) is 111 cm³/mol. The Kier molecular flexibility index (Phi) is 7.48. The van der Waals surface area contributed by atoms with E-state index in [1.54, 1.807) is 12.1 Å². The summed E-state index contributed by atoms with van der Waals surface area (Å²) in [5, 5.41) is 28.1. The van der Waals surface area contributed by atoms with Gasteiger partial charge in [-0.3, -0.25) is 0 Å². The number of aliphatic hydroxyl groups is 2. The quantitative estimate of drug-likeness (QED) is 0.451. The first-order chi connectivity index (χ1) is 14.3. The summed E-state index contributed by atoms with van der Waals surface area (Å²) in [5.41, 5.74) is -0.272. The van der Waals surface area contributed by atoms with Gasteiger partial charge < -0.3 is 15.3 Å². The Balaban J connectivity index is 1.68. The molecule has 160 valence electrons. The summed E-state index contributed by atoms with van der Waals surface area (Å²) in [5.74, 6) is 2.49. The first-order valence-electron chi connectivity index (χ1n) is 9.54. The standard InChI is InChI=1S/C22H21ClF2O4S/c23-17-10-20(27)15(6-4-12-8-18(24)16(11-26)19(25)9-12)14(17)3-1-2-13-5-7-21(30-13)22(28)29/h5,7-9,14-15,17,20,26-27H,1-3,10-11H2,(H,28,29)/t14-,15-,17-,20-/m1/s1. The highest BCUT2D eigenvalue weighted by atomic mass is 35.5. The molecular weight excluding hydrogens is 434 g/mol. The van der Waals surface area contributed by atoms with Gasteiger partial charge >= 0.3 is 5.97 Å². The maximum absolute atomic E-state index is 13.8. The van der Waals surface area contributed by atoms with Gasteiger partial charge in [-0.2, -0.15) is 0 Å². The topological polar surface area (TPSA) is 77.8 Å². The number of carbonyl (C=O) groups is 1. The Bertz CT molecular complexity index is 958. The van der Waals surface area contributed by atoms with E-state index in [-0.39, 0.29) is 16.9 Å². The Morgan fingerprint density at radius 1 is 1.27 bits per heavy atom. The zero-order chi connectivity index (χ0) is 21.8. The van der Waals surface area contributed by atoms with E-state index >= 15 is 0 Å². The van der Waals surface area contributed by atoms with Crippen molar-refractivity contribution in [3.63, 3.8) is 0 Å². The lowest BCUT2D eigenvalue weighted by atomic mass is 9.90. The normalized spacial score (nSPS) is 23.2. The van der Waals surface area contributed by atoms with E-state index in [0.29, 0.717) is 24.1 Å². The molecule has 1 aliphatic carbocycles. The SMILES string of the molecule is O=C(O)c1ccc(CCC[C@@H]2[C@@H](C#Cc3cc(F)c(CO)c(F)c3)[C@H](O)C[C@H]2Cl)s1. The average Bonchev–Trinajstić information content (AvgIpc) is 3.25. The number of halogens is 3. The van der Waals surface area contributed by atoms with E-state index in [1.165, 1.54) is 11.3 Å². The van der Waals surface area contributed by atoms with Gasteiger partial charge in [0.2, 0.25) is 0 Å². The van der Waals surface area contributed by atoms with Crippen LogP contribution in [0.4, 0.5) is 8.78 Å². The molecule has 1 aromatic heterocycles. The molecule has 3 N–H and O–H groups in total. The zero-order valence-corrected chi connectivity index (χ0v) is 17.5. The summed E-state index contributed by atoms with van der Waals surface area (Å²) in [6.07, 6.45) is 1.81. The number of rotatable bonds is 6. The van der Waals surface area contributed by atoms with E-state index in [4.69, 9.17) is 21.8 Å². The Morgan fingerprint density at radius 3 is 2.57 bits per heavy atom. The lowest BCUT2D eigenvalue weighted by molar-refractivity contribution is 0.0702. The Morgan fingerprint density at radius 2 is 1.97 bits per heavy atom. The van der Waals surface area contributed by atoms with E-state index in [9.17, 15) is 18.7 Å². The molecule has 0 unspecified atom stereocenters. The molecule has 4 nitrogen and oxygen atoms in total. The monoisotopic (exact) mass is 454 g/mol. The van der Waals surface area contributed by atoms with Crippen LogP contribution in [-0.4, -0.2) is 32.8 Å². The summed E-state index contributed by atoms with van der Waals surface area (Å²) < 4.78 is 27.7.